The molecule has 1 aliphatic heterocycles. The number of carbonyl (C=O) groups excluding carboxylic acids is 1. The Morgan fingerprint density at radius 2 is 1.71 bits per heavy atom. The second kappa shape index (κ2) is 11.2. The fraction of sp³-hybridized carbons (Fsp3) is 0.333. The maximum absolute atomic E-state index is 12.6. The first kappa shape index (κ1) is 25.7. The van der Waals surface area contributed by atoms with Crippen molar-refractivity contribution in [2.24, 2.45) is 0 Å². The molecule has 0 bridgehead atoms. The van der Waals surface area contributed by atoms with Gasteiger partial charge in [-0.05, 0) is 18.1 Å². The van der Waals surface area contributed by atoms with Crippen LogP contribution < -0.4 is 5.32 Å². The summed E-state index contributed by atoms with van der Waals surface area (Å²) in [7, 11) is 0. The van der Waals surface area contributed by atoms with Crippen LogP contribution in [0.3, 0.4) is 0 Å². The van der Waals surface area contributed by atoms with Gasteiger partial charge in [0.1, 0.15) is 18.3 Å². The van der Waals surface area contributed by atoms with E-state index in [4.69, 9.17) is 9.47 Å². The largest absolute Gasteiger partial charge is 0.460 e. The lowest BCUT2D eigenvalue weighted by Crippen LogP contribution is -2.33. The number of imidazole rings is 1. The molecule has 3 heterocycles. The van der Waals surface area contributed by atoms with Crippen LogP contribution in [-0.2, 0) is 9.47 Å². The van der Waals surface area contributed by atoms with Crippen LogP contribution in [-0.4, -0.2) is 78.9 Å². The van der Waals surface area contributed by atoms with Gasteiger partial charge in [0.05, 0.1) is 19.5 Å². The molecule has 2 aromatic carbocycles. The van der Waals surface area contributed by atoms with E-state index >= 15 is 0 Å². The van der Waals surface area contributed by atoms with Crippen molar-refractivity contribution in [1.29, 1.82) is 0 Å². The van der Waals surface area contributed by atoms with Gasteiger partial charge in [-0.25, -0.2) is 19.7 Å². The van der Waals surface area contributed by atoms with Crippen molar-refractivity contribution in [3.8, 4) is 0 Å². The average Bonchev–Trinajstić information content (AvgIpc) is 3.50. The highest BCUT2D eigenvalue weighted by molar-refractivity contribution is 5.91. The molecule has 11 heteroatoms. The van der Waals surface area contributed by atoms with Crippen LogP contribution in [0.25, 0.3) is 11.2 Å². The molecule has 2 aromatic heterocycles. The number of nitrogens with one attached hydrogen (secondary N) is 1. The molecular formula is C27H29N5O6. The highest BCUT2D eigenvalue weighted by atomic mass is 16.6. The lowest BCUT2D eigenvalue weighted by atomic mass is 9.91. The molecule has 5 rings (SSSR count). The smallest absolute Gasteiger partial charge is 0.376 e. The number of aliphatic hydroxyl groups is 3. The van der Waals surface area contributed by atoms with Crippen LogP contribution in [0.4, 0.5) is 5.82 Å². The van der Waals surface area contributed by atoms with Crippen molar-refractivity contribution in [2.75, 3.05) is 25.1 Å². The van der Waals surface area contributed by atoms with E-state index < -0.39 is 37.1 Å². The van der Waals surface area contributed by atoms with Crippen LogP contribution in [0.15, 0.2) is 67.0 Å². The summed E-state index contributed by atoms with van der Waals surface area (Å²) < 4.78 is 12.2. The number of aliphatic hydroxyl groups excluding tert-OH is 3. The van der Waals surface area contributed by atoms with Crippen LogP contribution in [0.5, 0.6) is 0 Å². The van der Waals surface area contributed by atoms with E-state index in [0.717, 1.165) is 11.1 Å². The average molecular weight is 520 g/mol. The third-order valence-corrected chi connectivity index (χ3v) is 6.55. The van der Waals surface area contributed by atoms with Gasteiger partial charge in [0.25, 0.3) is 0 Å². The molecule has 1 aliphatic rings. The third-order valence-electron chi connectivity index (χ3n) is 6.55. The zero-order chi connectivity index (χ0) is 26.6. The van der Waals surface area contributed by atoms with Crippen molar-refractivity contribution < 1.29 is 29.6 Å². The van der Waals surface area contributed by atoms with Gasteiger partial charge in [-0.15, -0.1) is 0 Å². The van der Waals surface area contributed by atoms with Crippen molar-refractivity contribution >= 4 is 23.0 Å². The van der Waals surface area contributed by atoms with Crippen molar-refractivity contribution in [2.45, 2.75) is 37.4 Å². The number of esters is 1. The number of ether oxygens (including phenoxy) is 2. The Morgan fingerprint density at radius 3 is 2.29 bits per heavy atom. The Bertz CT molecular complexity index is 1340. The topological polar surface area (TPSA) is 152 Å². The molecule has 0 radical (unpaired) electrons. The number of fused-ring (bicyclic) bond motifs is 1. The summed E-state index contributed by atoms with van der Waals surface area (Å²) in [6, 6.07) is 20.1. The molecule has 1 saturated heterocycles. The number of nitrogens with zero attached hydrogens (tertiary/aromatic N) is 4. The molecule has 0 amide bonds. The SMILES string of the molecule is CCOC(=O)c1nc(NCC(c2ccccc2)c2ccccc2)c2ncn([C@@H]3O[C@H](CO)[C@@H](O)[C@@H]3O)c2n1. The molecule has 4 N–H and O–H groups in total. The number of anilines is 1. The molecule has 198 valence electrons. The highest BCUT2D eigenvalue weighted by Crippen LogP contribution is 2.33. The summed E-state index contributed by atoms with van der Waals surface area (Å²) in [5.41, 5.74) is 2.74. The van der Waals surface area contributed by atoms with Gasteiger partial charge in [-0.1, -0.05) is 60.7 Å². The zero-order valence-corrected chi connectivity index (χ0v) is 20.7. The second-order valence-electron chi connectivity index (χ2n) is 8.92. The minimum Gasteiger partial charge on any atom is -0.460 e. The Hall–Kier alpha value is -3.90. The van der Waals surface area contributed by atoms with Gasteiger partial charge < -0.3 is 30.1 Å². The first-order valence-corrected chi connectivity index (χ1v) is 12.4. The van der Waals surface area contributed by atoms with E-state index in [1.165, 1.54) is 10.9 Å². The fourth-order valence-electron chi connectivity index (χ4n) is 4.62. The van der Waals surface area contributed by atoms with E-state index in [1.54, 1.807) is 6.92 Å². The molecule has 4 atom stereocenters. The maximum Gasteiger partial charge on any atom is 0.376 e. The number of benzene rings is 2. The minimum absolute atomic E-state index is 0.0315. The number of carbonyl (C=O) groups is 1. The normalized spacial score (nSPS) is 21.2. The molecule has 38 heavy (non-hydrogen) atoms. The second-order valence-corrected chi connectivity index (χ2v) is 8.92. The number of rotatable bonds is 9. The number of hydrogen-bond donors (Lipinski definition) is 4. The number of hydrogen-bond acceptors (Lipinski definition) is 10. The van der Waals surface area contributed by atoms with E-state index in [-0.39, 0.29) is 24.0 Å². The summed E-state index contributed by atoms with van der Waals surface area (Å²) >= 11 is 0. The fourth-order valence-corrected chi connectivity index (χ4v) is 4.62. The van der Waals surface area contributed by atoms with Crippen LogP contribution >= 0.6 is 0 Å². The molecular weight excluding hydrogens is 490 g/mol. The molecule has 0 aliphatic carbocycles. The van der Waals surface area contributed by atoms with Crippen molar-refractivity contribution in [1.82, 2.24) is 19.5 Å². The van der Waals surface area contributed by atoms with Crippen LogP contribution in [0.2, 0.25) is 0 Å². The first-order valence-electron chi connectivity index (χ1n) is 12.4. The van der Waals surface area contributed by atoms with Gasteiger partial charge >= 0.3 is 5.97 Å². The molecule has 11 nitrogen and oxygen atoms in total. The number of aromatic nitrogens is 4. The zero-order valence-electron chi connectivity index (χ0n) is 20.7. The Balaban J connectivity index is 1.53. The van der Waals surface area contributed by atoms with Gasteiger partial charge in [-0.2, -0.15) is 0 Å². The van der Waals surface area contributed by atoms with Gasteiger partial charge in [0.2, 0.25) is 5.82 Å². The van der Waals surface area contributed by atoms with Gasteiger partial charge in [0.15, 0.2) is 23.2 Å². The predicted octanol–water partition coefficient (Wildman–Crippen LogP) is 1.86. The minimum atomic E-state index is -1.34. The predicted molar refractivity (Wildman–Crippen MR) is 138 cm³/mol. The molecule has 0 saturated carbocycles. The van der Waals surface area contributed by atoms with Gasteiger partial charge in [-0.3, -0.25) is 4.57 Å². The van der Waals surface area contributed by atoms with Crippen LogP contribution in [0.1, 0.15) is 40.8 Å². The summed E-state index contributed by atoms with van der Waals surface area (Å²) in [5, 5.41) is 33.6. The first-order chi connectivity index (χ1) is 18.5. The Labute approximate surface area is 218 Å². The lowest BCUT2D eigenvalue weighted by Gasteiger charge is -2.20. The van der Waals surface area contributed by atoms with Crippen LogP contribution in [0, 0.1) is 0 Å². The lowest BCUT2D eigenvalue weighted by molar-refractivity contribution is -0.0511. The summed E-state index contributed by atoms with van der Waals surface area (Å²) in [5.74, 6) is -0.628. The highest BCUT2D eigenvalue weighted by Gasteiger charge is 2.44. The quantitative estimate of drug-likeness (QED) is 0.241. The van der Waals surface area contributed by atoms with E-state index in [9.17, 15) is 20.1 Å². The summed E-state index contributed by atoms with van der Waals surface area (Å²) in [6.07, 6.45) is -3.31. The van der Waals surface area contributed by atoms with E-state index in [0.29, 0.717) is 17.9 Å². The van der Waals surface area contributed by atoms with Crippen molar-refractivity contribution in [3.63, 3.8) is 0 Å². The summed E-state index contributed by atoms with van der Waals surface area (Å²) in [4.78, 5) is 25.8. The van der Waals surface area contributed by atoms with Gasteiger partial charge in [0, 0.05) is 12.5 Å². The standard InChI is InChI=1S/C27H29N5O6/c1-2-37-27(36)24-30-23(28-13-18(16-9-5-3-6-10-16)17-11-7-4-8-12-17)20-25(31-24)32(15-29-20)26-22(35)21(34)19(14-33)38-26/h3-12,15,18-19,21-22,26,33-35H,2,13-14H2,1H3,(H,28,30,31)/t19-,21-,22+,26-/m1/s1. The monoisotopic (exact) mass is 519 g/mol. The molecule has 1 fully saturated rings. The van der Waals surface area contributed by atoms with E-state index in [2.05, 4.69) is 44.5 Å². The Morgan fingerprint density at radius 1 is 1.05 bits per heavy atom. The van der Waals surface area contributed by atoms with E-state index in [1.807, 2.05) is 36.4 Å². The van der Waals surface area contributed by atoms with Crippen molar-refractivity contribution in [3.05, 3.63) is 83.9 Å². The molecule has 0 unspecified atom stereocenters. The molecule has 0 spiro atoms. The summed E-state index contributed by atoms with van der Waals surface area (Å²) in [6.45, 7) is 1.78. The molecule has 4 aromatic rings. The third kappa shape index (κ3) is 4.96. The maximum atomic E-state index is 12.6. The Kier molecular flexibility index (Phi) is 7.61.